The maximum atomic E-state index is 10.5. The lowest BCUT2D eigenvalue weighted by Crippen LogP contribution is -2.42. The number of benzene rings is 1. The Labute approximate surface area is 128 Å². The standard InChI is InChI=1S/C18H29NO2/c1-3-12-21-17-10-7-11-19(14-17)13-15(2)18(20)16-8-5-4-6-9-16/h4-6,8-9,15,17-18,20H,3,7,10-14H2,1-2H3. The van der Waals surface area contributed by atoms with Crippen LogP contribution in [0.1, 0.15) is 44.8 Å². The van der Waals surface area contributed by atoms with E-state index in [1.165, 1.54) is 12.8 Å². The molecular formula is C18H29NO2. The molecule has 0 bridgehead atoms. The van der Waals surface area contributed by atoms with Crippen molar-refractivity contribution in [1.29, 1.82) is 0 Å². The lowest BCUT2D eigenvalue weighted by atomic mass is 9.96. The van der Waals surface area contributed by atoms with E-state index in [1.54, 1.807) is 0 Å². The smallest absolute Gasteiger partial charge is 0.0827 e. The van der Waals surface area contributed by atoms with Gasteiger partial charge in [-0.1, -0.05) is 44.2 Å². The fraction of sp³-hybridized carbons (Fsp3) is 0.667. The van der Waals surface area contributed by atoms with Gasteiger partial charge in [0.15, 0.2) is 0 Å². The minimum Gasteiger partial charge on any atom is -0.388 e. The lowest BCUT2D eigenvalue weighted by Gasteiger charge is -2.35. The van der Waals surface area contributed by atoms with Gasteiger partial charge in [-0.2, -0.15) is 0 Å². The van der Waals surface area contributed by atoms with Crippen molar-refractivity contribution in [2.75, 3.05) is 26.2 Å². The molecule has 1 N–H and O–H groups in total. The van der Waals surface area contributed by atoms with Crippen LogP contribution in [0, 0.1) is 5.92 Å². The Hall–Kier alpha value is -0.900. The topological polar surface area (TPSA) is 32.7 Å². The van der Waals surface area contributed by atoms with E-state index < -0.39 is 0 Å². The first-order valence-electron chi connectivity index (χ1n) is 8.27. The highest BCUT2D eigenvalue weighted by molar-refractivity contribution is 5.17. The molecule has 0 amide bonds. The average Bonchev–Trinajstić information content (AvgIpc) is 2.53. The van der Waals surface area contributed by atoms with Gasteiger partial charge in [-0.25, -0.2) is 0 Å². The fourth-order valence-electron chi connectivity index (χ4n) is 3.09. The number of hydrogen-bond acceptors (Lipinski definition) is 3. The lowest BCUT2D eigenvalue weighted by molar-refractivity contribution is -0.0109. The zero-order valence-electron chi connectivity index (χ0n) is 13.4. The summed E-state index contributed by atoms with van der Waals surface area (Å²) in [6, 6.07) is 9.97. The molecule has 0 saturated carbocycles. The molecule has 1 saturated heterocycles. The third-order valence-corrected chi connectivity index (χ3v) is 4.25. The third kappa shape index (κ3) is 5.10. The normalized spacial score (nSPS) is 22.9. The molecule has 3 nitrogen and oxygen atoms in total. The number of nitrogens with zero attached hydrogens (tertiary/aromatic N) is 1. The molecule has 3 heteroatoms. The zero-order chi connectivity index (χ0) is 15.1. The van der Waals surface area contributed by atoms with Gasteiger partial charge in [-0.15, -0.1) is 0 Å². The second-order valence-electron chi connectivity index (χ2n) is 6.23. The molecule has 0 radical (unpaired) electrons. The maximum Gasteiger partial charge on any atom is 0.0827 e. The van der Waals surface area contributed by atoms with Crippen molar-refractivity contribution in [3.05, 3.63) is 35.9 Å². The summed E-state index contributed by atoms with van der Waals surface area (Å²) in [5, 5.41) is 10.5. The molecule has 3 atom stereocenters. The first-order chi connectivity index (χ1) is 10.2. The van der Waals surface area contributed by atoms with E-state index in [9.17, 15) is 5.11 Å². The highest BCUT2D eigenvalue weighted by Crippen LogP contribution is 2.24. The second kappa shape index (κ2) is 8.52. The van der Waals surface area contributed by atoms with Crippen molar-refractivity contribution in [3.8, 4) is 0 Å². The largest absolute Gasteiger partial charge is 0.388 e. The van der Waals surface area contributed by atoms with Crippen molar-refractivity contribution < 1.29 is 9.84 Å². The van der Waals surface area contributed by atoms with Gasteiger partial charge >= 0.3 is 0 Å². The molecular weight excluding hydrogens is 262 g/mol. The van der Waals surface area contributed by atoms with Crippen LogP contribution in [0.5, 0.6) is 0 Å². The molecule has 3 unspecified atom stereocenters. The van der Waals surface area contributed by atoms with Gasteiger partial charge in [-0.05, 0) is 37.3 Å². The molecule has 1 aliphatic rings. The summed E-state index contributed by atoms with van der Waals surface area (Å²) < 4.78 is 5.88. The quantitative estimate of drug-likeness (QED) is 0.837. The molecule has 2 rings (SSSR count). The summed E-state index contributed by atoms with van der Waals surface area (Å²) >= 11 is 0. The van der Waals surface area contributed by atoms with Crippen molar-refractivity contribution in [2.24, 2.45) is 5.92 Å². The van der Waals surface area contributed by atoms with Crippen LogP contribution in [-0.2, 0) is 4.74 Å². The number of ether oxygens (including phenoxy) is 1. The second-order valence-corrected chi connectivity index (χ2v) is 6.23. The Bertz CT molecular complexity index is 395. The van der Waals surface area contributed by atoms with Crippen LogP contribution in [0.4, 0.5) is 0 Å². The molecule has 1 aromatic carbocycles. The van der Waals surface area contributed by atoms with E-state index in [4.69, 9.17) is 4.74 Å². The predicted molar refractivity (Wildman–Crippen MR) is 86.3 cm³/mol. The summed E-state index contributed by atoms with van der Waals surface area (Å²) in [5.41, 5.74) is 1.01. The number of likely N-dealkylation sites (tertiary alicyclic amines) is 1. The monoisotopic (exact) mass is 291 g/mol. The highest BCUT2D eigenvalue weighted by Gasteiger charge is 2.24. The Morgan fingerprint density at radius 1 is 1.33 bits per heavy atom. The first kappa shape index (κ1) is 16.5. The molecule has 21 heavy (non-hydrogen) atoms. The minimum absolute atomic E-state index is 0.234. The molecule has 1 fully saturated rings. The zero-order valence-corrected chi connectivity index (χ0v) is 13.4. The molecule has 1 heterocycles. The molecule has 1 aromatic rings. The van der Waals surface area contributed by atoms with Crippen LogP contribution in [0.15, 0.2) is 30.3 Å². The van der Waals surface area contributed by atoms with Crippen LogP contribution in [0.3, 0.4) is 0 Å². The van der Waals surface area contributed by atoms with Crippen molar-refractivity contribution in [3.63, 3.8) is 0 Å². The molecule has 118 valence electrons. The Morgan fingerprint density at radius 3 is 2.81 bits per heavy atom. The van der Waals surface area contributed by atoms with Gasteiger partial charge in [0.05, 0.1) is 12.2 Å². The van der Waals surface area contributed by atoms with Crippen LogP contribution < -0.4 is 0 Å². The minimum atomic E-state index is -0.386. The van der Waals surface area contributed by atoms with Gasteiger partial charge in [-0.3, -0.25) is 0 Å². The van der Waals surface area contributed by atoms with Crippen LogP contribution in [0.25, 0.3) is 0 Å². The van der Waals surface area contributed by atoms with Gasteiger partial charge in [0.1, 0.15) is 0 Å². The molecule has 1 aliphatic heterocycles. The number of hydrogen-bond donors (Lipinski definition) is 1. The van der Waals surface area contributed by atoms with E-state index in [0.29, 0.717) is 6.10 Å². The molecule has 0 spiro atoms. The molecule has 0 aliphatic carbocycles. The van der Waals surface area contributed by atoms with Crippen molar-refractivity contribution >= 4 is 0 Å². The Balaban J connectivity index is 1.82. The first-order valence-corrected chi connectivity index (χ1v) is 8.27. The van der Waals surface area contributed by atoms with Gasteiger partial charge in [0.2, 0.25) is 0 Å². The number of piperidine rings is 1. The van der Waals surface area contributed by atoms with Crippen molar-refractivity contribution in [2.45, 2.75) is 45.3 Å². The van der Waals surface area contributed by atoms with E-state index in [2.05, 4.69) is 18.7 Å². The maximum absolute atomic E-state index is 10.5. The SMILES string of the molecule is CCCOC1CCCN(CC(C)C(O)c2ccccc2)C1. The summed E-state index contributed by atoms with van der Waals surface area (Å²) in [4.78, 5) is 2.45. The van der Waals surface area contributed by atoms with Crippen LogP contribution in [-0.4, -0.2) is 42.4 Å². The average molecular weight is 291 g/mol. The number of rotatable bonds is 7. The summed E-state index contributed by atoms with van der Waals surface area (Å²) in [5.74, 6) is 0.234. The molecule has 0 aromatic heterocycles. The summed E-state index contributed by atoms with van der Waals surface area (Å²) in [7, 11) is 0. The predicted octanol–water partition coefficient (Wildman–Crippen LogP) is 3.25. The number of aliphatic hydroxyl groups is 1. The number of aliphatic hydroxyl groups excluding tert-OH is 1. The van der Waals surface area contributed by atoms with Gasteiger partial charge in [0.25, 0.3) is 0 Å². The Kier molecular flexibility index (Phi) is 6.68. The Morgan fingerprint density at radius 2 is 2.10 bits per heavy atom. The summed E-state index contributed by atoms with van der Waals surface area (Å²) in [6.07, 6.45) is 3.44. The highest BCUT2D eigenvalue weighted by atomic mass is 16.5. The van der Waals surface area contributed by atoms with E-state index in [-0.39, 0.29) is 12.0 Å². The third-order valence-electron chi connectivity index (χ3n) is 4.25. The van der Waals surface area contributed by atoms with E-state index >= 15 is 0 Å². The van der Waals surface area contributed by atoms with E-state index in [1.807, 2.05) is 30.3 Å². The van der Waals surface area contributed by atoms with Crippen LogP contribution in [0.2, 0.25) is 0 Å². The van der Waals surface area contributed by atoms with E-state index in [0.717, 1.165) is 38.2 Å². The fourth-order valence-corrected chi connectivity index (χ4v) is 3.09. The van der Waals surface area contributed by atoms with Gasteiger partial charge < -0.3 is 14.7 Å². The van der Waals surface area contributed by atoms with Gasteiger partial charge in [0, 0.05) is 19.7 Å². The summed E-state index contributed by atoms with van der Waals surface area (Å²) in [6.45, 7) is 8.21. The van der Waals surface area contributed by atoms with Crippen LogP contribution >= 0.6 is 0 Å². The van der Waals surface area contributed by atoms with Crippen molar-refractivity contribution in [1.82, 2.24) is 4.90 Å².